The summed E-state index contributed by atoms with van der Waals surface area (Å²) in [5, 5.41) is 3.49. The molecule has 0 saturated carbocycles. The fraction of sp³-hybridized carbons (Fsp3) is 0.474. The maximum Gasteiger partial charge on any atom is 0.108 e. The van der Waals surface area contributed by atoms with E-state index in [0.29, 0.717) is 12.5 Å². The Bertz CT molecular complexity index is 460. The lowest BCUT2D eigenvalue weighted by atomic mass is 9.95. The average molecular weight is 305 g/mol. The summed E-state index contributed by atoms with van der Waals surface area (Å²) in [6.07, 6.45) is 14.3. The zero-order valence-corrected chi connectivity index (χ0v) is 13.8. The summed E-state index contributed by atoms with van der Waals surface area (Å²) >= 11 is 0. The quantitative estimate of drug-likeness (QED) is 0.461. The molecule has 0 aromatic carbocycles. The Kier molecular flexibility index (Phi) is 9.04. The van der Waals surface area contributed by atoms with Crippen molar-refractivity contribution in [1.29, 1.82) is 0 Å². The van der Waals surface area contributed by atoms with E-state index in [1.807, 2.05) is 25.2 Å². The van der Waals surface area contributed by atoms with E-state index in [-0.39, 0.29) is 0 Å². The van der Waals surface area contributed by atoms with Gasteiger partial charge >= 0.3 is 0 Å². The Morgan fingerprint density at radius 2 is 2.27 bits per heavy atom. The van der Waals surface area contributed by atoms with Crippen LogP contribution in [0.4, 0.5) is 4.39 Å². The molecule has 1 rings (SSSR count). The summed E-state index contributed by atoms with van der Waals surface area (Å²) in [5.74, 6) is 1.33. The highest BCUT2D eigenvalue weighted by atomic mass is 19.1. The Labute approximate surface area is 134 Å². The largest absolute Gasteiger partial charge is 0.494 e. The van der Waals surface area contributed by atoms with E-state index in [1.54, 1.807) is 12.2 Å². The molecule has 22 heavy (non-hydrogen) atoms. The number of allylic oxidation sites excluding steroid dienone is 7. The molecule has 0 heterocycles. The fourth-order valence-electron chi connectivity index (χ4n) is 2.46. The van der Waals surface area contributed by atoms with Crippen molar-refractivity contribution in [3.63, 3.8) is 0 Å². The van der Waals surface area contributed by atoms with Gasteiger partial charge in [-0.15, -0.1) is 0 Å². The molecular weight excluding hydrogens is 277 g/mol. The molecule has 122 valence electrons. The van der Waals surface area contributed by atoms with Crippen LogP contribution < -0.4 is 5.32 Å². The van der Waals surface area contributed by atoms with Crippen molar-refractivity contribution in [2.45, 2.75) is 33.1 Å². The van der Waals surface area contributed by atoms with E-state index in [0.717, 1.165) is 37.1 Å². The minimum absolute atomic E-state index is 0.329. The van der Waals surface area contributed by atoms with E-state index in [1.165, 1.54) is 5.70 Å². The Morgan fingerprint density at radius 3 is 2.82 bits per heavy atom. The van der Waals surface area contributed by atoms with Crippen LogP contribution >= 0.6 is 0 Å². The van der Waals surface area contributed by atoms with E-state index in [4.69, 9.17) is 4.74 Å². The fourth-order valence-corrected chi connectivity index (χ4v) is 2.46. The lowest BCUT2D eigenvalue weighted by Gasteiger charge is -2.21. The van der Waals surface area contributed by atoms with Gasteiger partial charge in [-0.2, -0.15) is 0 Å². The summed E-state index contributed by atoms with van der Waals surface area (Å²) in [5.41, 5.74) is 2.28. The van der Waals surface area contributed by atoms with Gasteiger partial charge in [0.25, 0.3) is 0 Å². The third-order valence-corrected chi connectivity index (χ3v) is 3.71. The molecule has 1 aliphatic rings. The summed E-state index contributed by atoms with van der Waals surface area (Å²) < 4.78 is 18.2. The van der Waals surface area contributed by atoms with Crippen molar-refractivity contribution >= 4 is 0 Å². The minimum Gasteiger partial charge on any atom is -0.494 e. The average Bonchev–Trinajstić information content (AvgIpc) is 2.55. The zero-order valence-electron chi connectivity index (χ0n) is 13.8. The minimum atomic E-state index is -0.411. The standard InChI is InChI=1S/C19H28FNO/c1-4-7-17(12-13-20)16(6-3)15-21-18-8-10-19(11-9-18)22-14-5-2/h4-5,7-8,10,12,16,21H,2,6,9,11,13-15H2,1,3H3/b7-4-,17-12+. The van der Waals surface area contributed by atoms with Crippen LogP contribution in [0, 0.1) is 5.92 Å². The van der Waals surface area contributed by atoms with Crippen LogP contribution in [0.3, 0.4) is 0 Å². The second-order valence-electron chi connectivity index (χ2n) is 5.27. The molecule has 0 fully saturated rings. The second kappa shape index (κ2) is 10.9. The first-order chi connectivity index (χ1) is 10.7. The van der Waals surface area contributed by atoms with Crippen molar-refractivity contribution in [1.82, 2.24) is 5.32 Å². The normalized spacial score (nSPS) is 17.0. The molecule has 0 aliphatic heterocycles. The monoisotopic (exact) mass is 305 g/mol. The van der Waals surface area contributed by atoms with Gasteiger partial charge in [0, 0.05) is 24.6 Å². The predicted molar refractivity (Wildman–Crippen MR) is 92.2 cm³/mol. The number of ether oxygens (including phenoxy) is 1. The molecular formula is C19H28FNO. The number of hydrogen-bond acceptors (Lipinski definition) is 2. The van der Waals surface area contributed by atoms with Crippen LogP contribution in [0.2, 0.25) is 0 Å². The molecule has 3 heteroatoms. The molecule has 0 amide bonds. The van der Waals surface area contributed by atoms with Crippen molar-refractivity contribution in [3.05, 3.63) is 60.1 Å². The molecule has 0 saturated heterocycles. The van der Waals surface area contributed by atoms with Crippen LogP contribution in [0.5, 0.6) is 0 Å². The Balaban J connectivity index is 2.56. The van der Waals surface area contributed by atoms with Gasteiger partial charge in [-0.3, -0.25) is 0 Å². The molecule has 0 aromatic rings. The van der Waals surface area contributed by atoms with Gasteiger partial charge in [-0.05, 0) is 37.5 Å². The first kappa shape index (κ1) is 18.3. The van der Waals surface area contributed by atoms with Crippen molar-refractivity contribution < 1.29 is 9.13 Å². The van der Waals surface area contributed by atoms with Crippen LogP contribution in [-0.2, 0) is 4.74 Å². The van der Waals surface area contributed by atoms with Crippen LogP contribution in [0.25, 0.3) is 0 Å². The molecule has 0 aromatic heterocycles. The third kappa shape index (κ3) is 6.33. The number of nitrogens with one attached hydrogen (secondary N) is 1. The highest BCUT2D eigenvalue weighted by Crippen LogP contribution is 2.20. The second-order valence-corrected chi connectivity index (χ2v) is 5.27. The number of rotatable bonds is 10. The molecule has 1 aliphatic carbocycles. The molecule has 1 N–H and O–H groups in total. The van der Waals surface area contributed by atoms with Gasteiger partial charge in [0.15, 0.2) is 0 Å². The number of hydrogen-bond donors (Lipinski definition) is 1. The lowest BCUT2D eigenvalue weighted by molar-refractivity contribution is 0.234. The Hall–Kier alpha value is -1.77. The van der Waals surface area contributed by atoms with Crippen molar-refractivity contribution in [3.8, 4) is 0 Å². The van der Waals surface area contributed by atoms with Crippen molar-refractivity contribution in [2.24, 2.45) is 5.92 Å². The topological polar surface area (TPSA) is 21.3 Å². The van der Waals surface area contributed by atoms with Gasteiger partial charge in [0.05, 0.1) is 5.76 Å². The maximum absolute atomic E-state index is 12.6. The third-order valence-electron chi connectivity index (χ3n) is 3.71. The van der Waals surface area contributed by atoms with Gasteiger partial charge < -0.3 is 10.1 Å². The number of halogens is 1. The Morgan fingerprint density at radius 1 is 1.45 bits per heavy atom. The van der Waals surface area contributed by atoms with E-state index >= 15 is 0 Å². The summed E-state index contributed by atoms with van der Waals surface area (Å²) in [7, 11) is 0. The SMILES string of the molecule is C=CCOC1=CC=C(NCC(CC)C(/C=C\C)=C/CF)CC1. The van der Waals surface area contributed by atoms with Crippen molar-refractivity contribution in [2.75, 3.05) is 19.8 Å². The van der Waals surface area contributed by atoms with E-state index < -0.39 is 6.67 Å². The van der Waals surface area contributed by atoms with Gasteiger partial charge in [0.2, 0.25) is 0 Å². The molecule has 1 atom stereocenters. The molecule has 0 bridgehead atoms. The maximum atomic E-state index is 12.6. The van der Waals surface area contributed by atoms with E-state index in [9.17, 15) is 4.39 Å². The lowest BCUT2D eigenvalue weighted by Crippen LogP contribution is -2.24. The highest BCUT2D eigenvalue weighted by molar-refractivity contribution is 5.24. The first-order valence-corrected chi connectivity index (χ1v) is 8.01. The smallest absolute Gasteiger partial charge is 0.108 e. The molecule has 0 radical (unpaired) electrons. The summed E-state index contributed by atoms with van der Waals surface area (Å²) in [6, 6.07) is 0. The van der Waals surface area contributed by atoms with Crippen LogP contribution in [0.15, 0.2) is 60.1 Å². The zero-order chi connectivity index (χ0) is 16.2. The highest BCUT2D eigenvalue weighted by Gasteiger charge is 2.12. The summed E-state index contributed by atoms with van der Waals surface area (Å²) in [4.78, 5) is 0. The summed E-state index contributed by atoms with van der Waals surface area (Å²) in [6.45, 7) is 8.72. The van der Waals surface area contributed by atoms with Gasteiger partial charge in [-0.1, -0.05) is 37.8 Å². The van der Waals surface area contributed by atoms with Crippen LogP contribution in [0.1, 0.15) is 33.1 Å². The van der Waals surface area contributed by atoms with Gasteiger partial charge in [-0.25, -0.2) is 4.39 Å². The molecule has 1 unspecified atom stereocenters. The van der Waals surface area contributed by atoms with Gasteiger partial charge in [0.1, 0.15) is 13.3 Å². The number of alkyl halides is 1. The van der Waals surface area contributed by atoms with E-state index in [2.05, 4.69) is 24.9 Å². The molecule has 2 nitrogen and oxygen atoms in total. The predicted octanol–water partition coefficient (Wildman–Crippen LogP) is 4.84. The van der Waals surface area contributed by atoms with Crippen LogP contribution in [-0.4, -0.2) is 19.8 Å². The molecule has 0 spiro atoms. The first-order valence-electron chi connectivity index (χ1n) is 8.01.